The van der Waals surface area contributed by atoms with E-state index in [9.17, 15) is 13.2 Å². The first-order chi connectivity index (χ1) is 12.1. The number of rotatable bonds is 6. The standard InChI is InChI=1S/C18H21ClN2O4S/c1-12-9-10-17(25-3)16(11-12)21(26(4,23)24)13(2)18(22)20-15-8-6-5-7-14(15)19/h5-11,13H,1-4H3,(H,20,22)/t13-/m1/s1. The van der Waals surface area contributed by atoms with Gasteiger partial charge in [-0.3, -0.25) is 9.10 Å². The summed E-state index contributed by atoms with van der Waals surface area (Å²) in [7, 11) is -2.31. The molecule has 1 amide bonds. The second-order valence-corrected chi connectivity index (χ2v) is 8.15. The maximum absolute atomic E-state index is 12.7. The second-order valence-electron chi connectivity index (χ2n) is 5.88. The van der Waals surface area contributed by atoms with Crippen LogP contribution in [0.25, 0.3) is 0 Å². The fraction of sp³-hybridized carbons (Fsp3) is 0.278. The van der Waals surface area contributed by atoms with Crippen molar-refractivity contribution in [1.29, 1.82) is 0 Å². The van der Waals surface area contributed by atoms with Gasteiger partial charge in [-0.1, -0.05) is 29.8 Å². The van der Waals surface area contributed by atoms with Crippen LogP contribution in [-0.2, 0) is 14.8 Å². The normalized spacial score (nSPS) is 12.3. The van der Waals surface area contributed by atoms with E-state index in [1.807, 2.05) is 6.92 Å². The van der Waals surface area contributed by atoms with Gasteiger partial charge in [-0.05, 0) is 43.7 Å². The van der Waals surface area contributed by atoms with Gasteiger partial charge in [0.2, 0.25) is 15.9 Å². The molecule has 2 aromatic rings. The summed E-state index contributed by atoms with van der Waals surface area (Å²) >= 11 is 6.06. The van der Waals surface area contributed by atoms with Crippen LogP contribution >= 0.6 is 11.6 Å². The fourth-order valence-electron chi connectivity index (χ4n) is 2.55. The minimum atomic E-state index is -3.75. The molecule has 0 radical (unpaired) electrons. The van der Waals surface area contributed by atoms with Crippen LogP contribution in [0, 0.1) is 6.92 Å². The molecule has 0 saturated carbocycles. The van der Waals surface area contributed by atoms with Crippen molar-refractivity contribution in [2.75, 3.05) is 23.0 Å². The predicted molar refractivity (Wildman–Crippen MR) is 105 cm³/mol. The molecule has 8 heteroatoms. The van der Waals surface area contributed by atoms with Gasteiger partial charge in [0.15, 0.2) is 0 Å². The summed E-state index contributed by atoms with van der Waals surface area (Å²) in [4.78, 5) is 12.7. The highest BCUT2D eigenvalue weighted by molar-refractivity contribution is 7.92. The molecule has 0 aromatic heterocycles. The molecule has 0 aliphatic rings. The Morgan fingerprint density at radius 1 is 1.23 bits per heavy atom. The van der Waals surface area contributed by atoms with E-state index in [-0.39, 0.29) is 0 Å². The molecule has 140 valence electrons. The van der Waals surface area contributed by atoms with Crippen LogP contribution in [0.3, 0.4) is 0 Å². The van der Waals surface area contributed by atoms with E-state index in [1.54, 1.807) is 42.5 Å². The number of methoxy groups -OCH3 is 1. The van der Waals surface area contributed by atoms with E-state index in [1.165, 1.54) is 14.0 Å². The number of ether oxygens (including phenoxy) is 1. The Labute approximate surface area is 158 Å². The van der Waals surface area contributed by atoms with Crippen molar-refractivity contribution in [3.05, 3.63) is 53.1 Å². The van der Waals surface area contributed by atoms with Crippen LogP contribution in [0.4, 0.5) is 11.4 Å². The Bertz CT molecular complexity index is 915. The van der Waals surface area contributed by atoms with Crippen LogP contribution in [0.15, 0.2) is 42.5 Å². The van der Waals surface area contributed by atoms with Gasteiger partial charge in [0.05, 0.1) is 29.8 Å². The molecule has 0 fully saturated rings. The summed E-state index contributed by atoms with van der Waals surface area (Å²) in [6, 6.07) is 10.9. The third kappa shape index (κ3) is 4.47. The minimum Gasteiger partial charge on any atom is -0.495 e. The highest BCUT2D eigenvalue weighted by Crippen LogP contribution is 2.33. The fourth-order valence-corrected chi connectivity index (χ4v) is 3.91. The number of carbonyl (C=O) groups excluding carboxylic acids is 1. The van der Waals surface area contributed by atoms with Gasteiger partial charge in [-0.15, -0.1) is 0 Å². The number of aryl methyl sites for hydroxylation is 1. The topological polar surface area (TPSA) is 75.7 Å². The molecule has 26 heavy (non-hydrogen) atoms. The molecule has 0 heterocycles. The molecular formula is C18H21ClN2O4S. The lowest BCUT2D eigenvalue weighted by molar-refractivity contribution is -0.116. The smallest absolute Gasteiger partial charge is 0.248 e. The van der Waals surface area contributed by atoms with E-state index in [0.29, 0.717) is 22.1 Å². The number of sulfonamides is 1. The zero-order chi connectivity index (χ0) is 19.5. The summed E-state index contributed by atoms with van der Waals surface area (Å²) in [5, 5.41) is 3.03. The first-order valence-electron chi connectivity index (χ1n) is 7.84. The van der Waals surface area contributed by atoms with Crippen LogP contribution in [0.5, 0.6) is 5.75 Å². The van der Waals surface area contributed by atoms with E-state index in [0.717, 1.165) is 16.1 Å². The average Bonchev–Trinajstić information content (AvgIpc) is 2.56. The quantitative estimate of drug-likeness (QED) is 0.811. The van der Waals surface area contributed by atoms with E-state index in [4.69, 9.17) is 16.3 Å². The lowest BCUT2D eigenvalue weighted by Crippen LogP contribution is -2.45. The summed E-state index contributed by atoms with van der Waals surface area (Å²) in [5.74, 6) is -0.148. The third-order valence-corrected chi connectivity index (χ3v) is 5.35. The first-order valence-corrected chi connectivity index (χ1v) is 10.1. The molecule has 1 N–H and O–H groups in total. The molecule has 0 bridgehead atoms. The van der Waals surface area contributed by atoms with Crippen molar-refractivity contribution in [3.63, 3.8) is 0 Å². The number of hydrogen-bond donors (Lipinski definition) is 1. The van der Waals surface area contributed by atoms with Crippen molar-refractivity contribution in [3.8, 4) is 5.75 Å². The summed E-state index contributed by atoms with van der Waals surface area (Å²) in [6.45, 7) is 3.34. The number of para-hydroxylation sites is 1. The minimum absolute atomic E-state index is 0.303. The Morgan fingerprint density at radius 2 is 1.88 bits per heavy atom. The summed E-state index contributed by atoms with van der Waals surface area (Å²) in [5.41, 5.74) is 1.56. The molecule has 0 spiro atoms. The highest BCUT2D eigenvalue weighted by Gasteiger charge is 2.31. The SMILES string of the molecule is COc1ccc(C)cc1N([C@H](C)C(=O)Nc1ccccc1Cl)S(C)(=O)=O. The van der Waals surface area contributed by atoms with Crippen molar-refractivity contribution in [2.45, 2.75) is 19.9 Å². The van der Waals surface area contributed by atoms with Gasteiger partial charge in [0.1, 0.15) is 11.8 Å². The lowest BCUT2D eigenvalue weighted by atomic mass is 10.2. The molecule has 1 atom stereocenters. The number of hydrogen-bond acceptors (Lipinski definition) is 4. The van der Waals surface area contributed by atoms with Crippen molar-refractivity contribution in [2.24, 2.45) is 0 Å². The summed E-state index contributed by atoms with van der Waals surface area (Å²) < 4.78 is 31.2. The number of carbonyl (C=O) groups is 1. The zero-order valence-corrected chi connectivity index (χ0v) is 16.6. The van der Waals surface area contributed by atoms with Gasteiger partial charge >= 0.3 is 0 Å². The third-order valence-electron chi connectivity index (χ3n) is 3.79. The van der Waals surface area contributed by atoms with Crippen molar-refractivity contribution < 1.29 is 17.9 Å². The van der Waals surface area contributed by atoms with Gasteiger partial charge < -0.3 is 10.1 Å². The molecular weight excluding hydrogens is 376 g/mol. The largest absolute Gasteiger partial charge is 0.495 e. The van der Waals surface area contributed by atoms with E-state index >= 15 is 0 Å². The molecule has 0 aliphatic carbocycles. The average molecular weight is 397 g/mol. The number of amides is 1. The van der Waals surface area contributed by atoms with Crippen LogP contribution in [0.1, 0.15) is 12.5 Å². The van der Waals surface area contributed by atoms with Crippen LogP contribution in [-0.4, -0.2) is 33.7 Å². The van der Waals surface area contributed by atoms with Crippen molar-refractivity contribution >= 4 is 38.9 Å². The van der Waals surface area contributed by atoms with Gasteiger partial charge in [0, 0.05) is 0 Å². The van der Waals surface area contributed by atoms with E-state index in [2.05, 4.69) is 5.32 Å². The maximum Gasteiger partial charge on any atom is 0.248 e. The monoisotopic (exact) mass is 396 g/mol. The number of benzene rings is 2. The number of halogens is 1. The predicted octanol–water partition coefficient (Wildman–Crippen LogP) is 3.45. The van der Waals surface area contributed by atoms with E-state index < -0.39 is 22.0 Å². The molecule has 2 aromatic carbocycles. The number of nitrogens with one attached hydrogen (secondary N) is 1. The number of anilines is 2. The Hall–Kier alpha value is -2.25. The van der Waals surface area contributed by atoms with Crippen LogP contribution in [0.2, 0.25) is 5.02 Å². The summed E-state index contributed by atoms with van der Waals surface area (Å²) in [6.07, 6.45) is 1.05. The van der Waals surface area contributed by atoms with Crippen molar-refractivity contribution in [1.82, 2.24) is 0 Å². The molecule has 0 aliphatic heterocycles. The Morgan fingerprint density at radius 3 is 2.46 bits per heavy atom. The maximum atomic E-state index is 12.7. The Balaban J connectivity index is 2.43. The molecule has 0 saturated heterocycles. The molecule has 0 unspecified atom stereocenters. The molecule has 2 rings (SSSR count). The van der Waals surface area contributed by atoms with Crippen LogP contribution < -0.4 is 14.4 Å². The highest BCUT2D eigenvalue weighted by atomic mass is 35.5. The zero-order valence-electron chi connectivity index (χ0n) is 15.0. The number of nitrogens with zero attached hydrogens (tertiary/aromatic N) is 1. The first kappa shape index (κ1) is 20.1. The lowest BCUT2D eigenvalue weighted by Gasteiger charge is -2.29. The van der Waals surface area contributed by atoms with Gasteiger partial charge in [-0.2, -0.15) is 0 Å². The second kappa shape index (κ2) is 7.97. The van der Waals surface area contributed by atoms with Gasteiger partial charge in [-0.25, -0.2) is 8.42 Å². The Kier molecular flexibility index (Phi) is 6.15. The molecule has 6 nitrogen and oxygen atoms in total. The van der Waals surface area contributed by atoms with Gasteiger partial charge in [0.25, 0.3) is 0 Å².